The molecule has 0 spiro atoms. The van der Waals surface area contributed by atoms with Crippen molar-refractivity contribution in [2.75, 3.05) is 7.11 Å². The minimum absolute atomic E-state index is 0.882. The zero-order valence-electron chi connectivity index (χ0n) is 12.8. The van der Waals surface area contributed by atoms with Gasteiger partial charge in [-0.2, -0.15) is 0 Å². The van der Waals surface area contributed by atoms with Gasteiger partial charge in [-0.1, -0.05) is 42.5 Å². The Balaban J connectivity index is 1.71. The van der Waals surface area contributed by atoms with E-state index < -0.39 is 0 Å². The first-order chi connectivity index (χ1) is 11.3. The first-order valence-corrected chi connectivity index (χ1v) is 7.55. The lowest BCUT2D eigenvalue weighted by atomic mass is 10.00. The van der Waals surface area contributed by atoms with Gasteiger partial charge >= 0.3 is 0 Å². The molecule has 0 N–H and O–H groups in total. The van der Waals surface area contributed by atoms with Crippen LogP contribution in [0.2, 0.25) is 0 Å². The van der Waals surface area contributed by atoms with Gasteiger partial charge in [0.1, 0.15) is 11.5 Å². The van der Waals surface area contributed by atoms with Gasteiger partial charge in [0.15, 0.2) is 0 Å². The molecule has 0 aliphatic carbocycles. The number of fused-ring (bicyclic) bond motifs is 1. The fourth-order valence-corrected chi connectivity index (χ4v) is 2.80. The average molecular weight is 300 g/mol. The van der Waals surface area contributed by atoms with Crippen LogP contribution in [0.3, 0.4) is 0 Å². The predicted molar refractivity (Wildman–Crippen MR) is 93.6 cm³/mol. The van der Waals surface area contributed by atoms with E-state index >= 15 is 0 Å². The molecule has 2 nitrogen and oxygen atoms in total. The minimum Gasteiger partial charge on any atom is -0.497 e. The third kappa shape index (κ3) is 2.59. The number of hydrogen-bond acceptors (Lipinski definition) is 2. The van der Waals surface area contributed by atoms with Gasteiger partial charge in [-0.15, -0.1) is 0 Å². The summed E-state index contributed by atoms with van der Waals surface area (Å²) in [7, 11) is 1.69. The summed E-state index contributed by atoms with van der Waals surface area (Å²) in [5, 5.41) is 2.39. The highest BCUT2D eigenvalue weighted by molar-refractivity contribution is 5.88. The SMILES string of the molecule is COc1ccc2cc(-c3ccc(-c4ccco4)cc3)ccc2c1. The molecule has 4 rings (SSSR count). The molecule has 0 saturated carbocycles. The summed E-state index contributed by atoms with van der Waals surface area (Å²) in [4.78, 5) is 0. The summed E-state index contributed by atoms with van der Waals surface area (Å²) in [6, 6.07) is 24.9. The average Bonchev–Trinajstić information content (AvgIpc) is 3.15. The third-order valence-electron chi connectivity index (χ3n) is 4.07. The van der Waals surface area contributed by atoms with E-state index in [1.807, 2.05) is 18.2 Å². The molecule has 0 radical (unpaired) electrons. The summed E-state index contributed by atoms with van der Waals surface area (Å²) >= 11 is 0. The maximum atomic E-state index is 5.43. The molecule has 2 heteroatoms. The minimum atomic E-state index is 0.882. The molecule has 0 aliphatic heterocycles. The maximum absolute atomic E-state index is 5.43. The molecule has 3 aromatic carbocycles. The van der Waals surface area contributed by atoms with Crippen molar-refractivity contribution in [1.29, 1.82) is 0 Å². The number of furan rings is 1. The smallest absolute Gasteiger partial charge is 0.133 e. The fourth-order valence-electron chi connectivity index (χ4n) is 2.80. The van der Waals surface area contributed by atoms with Gasteiger partial charge < -0.3 is 9.15 Å². The Bertz CT molecular complexity index is 935. The lowest BCUT2D eigenvalue weighted by Crippen LogP contribution is -1.83. The van der Waals surface area contributed by atoms with Gasteiger partial charge in [-0.05, 0) is 52.2 Å². The summed E-state index contributed by atoms with van der Waals surface area (Å²) in [6.45, 7) is 0. The highest BCUT2D eigenvalue weighted by Gasteiger charge is 2.04. The van der Waals surface area contributed by atoms with Crippen LogP contribution in [0.1, 0.15) is 0 Å². The molecule has 23 heavy (non-hydrogen) atoms. The van der Waals surface area contributed by atoms with Crippen molar-refractivity contribution in [3.05, 3.63) is 79.1 Å². The topological polar surface area (TPSA) is 22.4 Å². The number of benzene rings is 3. The quantitative estimate of drug-likeness (QED) is 0.479. The molecule has 112 valence electrons. The van der Waals surface area contributed by atoms with Crippen LogP contribution in [-0.4, -0.2) is 7.11 Å². The van der Waals surface area contributed by atoms with Gasteiger partial charge in [0.2, 0.25) is 0 Å². The van der Waals surface area contributed by atoms with Crippen LogP contribution in [-0.2, 0) is 0 Å². The van der Waals surface area contributed by atoms with E-state index in [0.29, 0.717) is 0 Å². The summed E-state index contributed by atoms with van der Waals surface area (Å²) in [5.41, 5.74) is 3.48. The Morgan fingerprint density at radius 3 is 2.13 bits per heavy atom. The van der Waals surface area contributed by atoms with Crippen molar-refractivity contribution in [2.45, 2.75) is 0 Å². The van der Waals surface area contributed by atoms with Crippen LogP contribution < -0.4 is 4.74 Å². The van der Waals surface area contributed by atoms with Crippen LogP contribution in [0.4, 0.5) is 0 Å². The van der Waals surface area contributed by atoms with Crippen LogP contribution >= 0.6 is 0 Å². The summed E-state index contributed by atoms with van der Waals surface area (Å²) in [5.74, 6) is 1.77. The first kappa shape index (κ1) is 13.6. The number of hydrogen-bond donors (Lipinski definition) is 0. The zero-order chi connectivity index (χ0) is 15.6. The lowest BCUT2D eigenvalue weighted by Gasteiger charge is -2.07. The fraction of sp³-hybridized carbons (Fsp3) is 0.0476. The molecule has 1 aromatic heterocycles. The van der Waals surface area contributed by atoms with Gasteiger partial charge in [0.25, 0.3) is 0 Å². The van der Waals surface area contributed by atoms with Crippen molar-refractivity contribution >= 4 is 10.8 Å². The lowest BCUT2D eigenvalue weighted by molar-refractivity contribution is 0.415. The highest BCUT2D eigenvalue weighted by Crippen LogP contribution is 2.29. The van der Waals surface area contributed by atoms with E-state index in [1.165, 1.54) is 21.9 Å². The molecule has 1 heterocycles. The van der Waals surface area contributed by atoms with E-state index in [9.17, 15) is 0 Å². The number of ether oxygens (including phenoxy) is 1. The van der Waals surface area contributed by atoms with Crippen LogP contribution in [0.15, 0.2) is 83.5 Å². The van der Waals surface area contributed by atoms with E-state index in [0.717, 1.165) is 17.1 Å². The van der Waals surface area contributed by atoms with Crippen molar-refractivity contribution in [1.82, 2.24) is 0 Å². The van der Waals surface area contributed by atoms with Crippen molar-refractivity contribution in [3.63, 3.8) is 0 Å². The van der Waals surface area contributed by atoms with Crippen LogP contribution in [0, 0.1) is 0 Å². The second-order valence-electron chi connectivity index (χ2n) is 5.48. The molecule has 0 bridgehead atoms. The number of methoxy groups -OCH3 is 1. The first-order valence-electron chi connectivity index (χ1n) is 7.55. The molecule has 0 aliphatic rings. The van der Waals surface area contributed by atoms with E-state index in [-0.39, 0.29) is 0 Å². The summed E-state index contributed by atoms with van der Waals surface area (Å²) < 4.78 is 10.7. The monoisotopic (exact) mass is 300 g/mol. The van der Waals surface area contributed by atoms with Gasteiger partial charge in [-0.3, -0.25) is 0 Å². The molecule has 4 aromatic rings. The normalized spacial score (nSPS) is 10.8. The van der Waals surface area contributed by atoms with Crippen LogP contribution in [0.5, 0.6) is 5.75 Å². The van der Waals surface area contributed by atoms with Crippen molar-refractivity contribution < 1.29 is 9.15 Å². The predicted octanol–water partition coefficient (Wildman–Crippen LogP) is 5.78. The van der Waals surface area contributed by atoms with E-state index in [2.05, 4.69) is 54.6 Å². The van der Waals surface area contributed by atoms with Crippen molar-refractivity contribution in [3.8, 4) is 28.2 Å². The number of rotatable bonds is 3. The molecular weight excluding hydrogens is 284 g/mol. The Labute approximate surface area is 135 Å². The van der Waals surface area contributed by atoms with Gasteiger partial charge in [0, 0.05) is 5.56 Å². The second kappa shape index (κ2) is 5.65. The Morgan fingerprint density at radius 1 is 0.696 bits per heavy atom. The zero-order valence-corrected chi connectivity index (χ0v) is 12.8. The Morgan fingerprint density at radius 2 is 1.39 bits per heavy atom. The summed E-state index contributed by atoms with van der Waals surface area (Å²) in [6.07, 6.45) is 1.70. The Hall–Kier alpha value is -3.00. The standard InChI is InChI=1S/C21H16O2/c1-22-20-11-10-18-13-17(8-9-19(18)14-20)15-4-6-16(7-5-15)21-3-2-12-23-21/h2-14H,1H3. The highest BCUT2D eigenvalue weighted by atomic mass is 16.5. The van der Waals surface area contributed by atoms with Gasteiger partial charge in [0.05, 0.1) is 13.4 Å². The molecule has 0 saturated heterocycles. The molecule has 0 unspecified atom stereocenters. The Kier molecular flexibility index (Phi) is 3.35. The van der Waals surface area contributed by atoms with Crippen molar-refractivity contribution in [2.24, 2.45) is 0 Å². The third-order valence-corrected chi connectivity index (χ3v) is 4.07. The van der Waals surface area contributed by atoms with Crippen LogP contribution in [0.25, 0.3) is 33.2 Å². The second-order valence-corrected chi connectivity index (χ2v) is 5.48. The molecular formula is C21H16O2. The molecule has 0 fully saturated rings. The molecule has 0 atom stereocenters. The van der Waals surface area contributed by atoms with E-state index in [4.69, 9.17) is 9.15 Å². The molecule has 0 amide bonds. The van der Waals surface area contributed by atoms with E-state index in [1.54, 1.807) is 13.4 Å². The van der Waals surface area contributed by atoms with Gasteiger partial charge in [-0.25, -0.2) is 0 Å². The largest absolute Gasteiger partial charge is 0.497 e. The maximum Gasteiger partial charge on any atom is 0.133 e.